The Morgan fingerprint density at radius 3 is 2.41 bits per heavy atom. The number of carbonyl (C=O) groups is 2. The van der Waals surface area contributed by atoms with Gasteiger partial charge in [0.1, 0.15) is 0 Å². The van der Waals surface area contributed by atoms with E-state index < -0.39 is 27.7 Å². The summed E-state index contributed by atoms with van der Waals surface area (Å²) in [5.74, 6) is -0.734. The summed E-state index contributed by atoms with van der Waals surface area (Å²) < 4.78 is 32.0. The Morgan fingerprint density at radius 1 is 1.14 bits per heavy atom. The van der Waals surface area contributed by atoms with E-state index in [0.29, 0.717) is 20.6 Å². The number of hydrogen-bond donors (Lipinski definition) is 0. The zero-order valence-corrected chi connectivity index (χ0v) is 17.1. The van der Waals surface area contributed by atoms with Crippen molar-refractivity contribution in [3.05, 3.63) is 64.7 Å². The number of rotatable bonds is 1. The van der Waals surface area contributed by atoms with Gasteiger partial charge in [0.05, 0.1) is 17.7 Å². The average Bonchev–Trinajstić information content (AvgIpc) is 3.16. The lowest BCUT2D eigenvalue weighted by Crippen LogP contribution is -2.55. The van der Waals surface area contributed by atoms with E-state index in [2.05, 4.69) is 5.10 Å². The summed E-state index contributed by atoms with van der Waals surface area (Å²) in [7, 11) is -3.02. The number of hydrazone groups is 1. The molecule has 0 saturated carbocycles. The number of benzene rings is 2. The van der Waals surface area contributed by atoms with Crippen LogP contribution in [-0.2, 0) is 25.2 Å². The Bertz CT molecular complexity index is 1160. The second kappa shape index (κ2) is 6.57. The summed E-state index contributed by atoms with van der Waals surface area (Å²) in [6.45, 7) is 1.14. The van der Waals surface area contributed by atoms with Crippen molar-refractivity contribution in [2.45, 2.75) is 23.9 Å². The van der Waals surface area contributed by atoms with Gasteiger partial charge in [0.15, 0.2) is 5.66 Å². The van der Waals surface area contributed by atoms with Gasteiger partial charge >= 0.3 is 6.09 Å². The number of methoxy groups -OCH3 is 1. The van der Waals surface area contributed by atoms with Crippen molar-refractivity contribution < 1.29 is 22.7 Å². The van der Waals surface area contributed by atoms with E-state index in [9.17, 15) is 18.0 Å². The molecule has 8 nitrogen and oxygen atoms in total. The predicted octanol–water partition coefficient (Wildman–Crippen LogP) is 2.92. The molecule has 4 rings (SSSR count). The van der Waals surface area contributed by atoms with Crippen LogP contribution in [0.4, 0.5) is 4.79 Å². The Morgan fingerprint density at radius 2 is 1.79 bits per heavy atom. The average molecular weight is 434 g/mol. The van der Waals surface area contributed by atoms with Gasteiger partial charge in [-0.15, -0.1) is 0 Å². The fourth-order valence-electron chi connectivity index (χ4n) is 3.85. The first-order valence-electron chi connectivity index (χ1n) is 8.60. The molecule has 150 valence electrons. The first-order valence-corrected chi connectivity index (χ1v) is 10.4. The van der Waals surface area contributed by atoms with Crippen molar-refractivity contribution in [1.82, 2.24) is 9.31 Å². The molecule has 2 aliphatic rings. The minimum atomic E-state index is -4.18. The molecule has 0 N–H and O–H groups in total. The van der Waals surface area contributed by atoms with E-state index in [1.54, 1.807) is 42.5 Å². The van der Waals surface area contributed by atoms with Crippen LogP contribution < -0.4 is 0 Å². The van der Waals surface area contributed by atoms with Crippen LogP contribution in [0.25, 0.3) is 0 Å². The third-order valence-electron chi connectivity index (χ3n) is 4.97. The van der Waals surface area contributed by atoms with Crippen molar-refractivity contribution in [2.24, 2.45) is 5.10 Å². The third kappa shape index (κ3) is 2.65. The van der Waals surface area contributed by atoms with Crippen LogP contribution in [0.1, 0.15) is 24.5 Å². The Hall–Kier alpha value is -2.91. The van der Waals surface area contributed by atoms with Crippen LogP contribution in [0, 0.1) is 0 Å². The number of fused-ring (bicyclic) bond motifs is 2. The summed E-state index contributed by atoms with van der Waals surface area (Å²) in [4.78, 5) is 25.1. The number of halogens is 1. The van der Waals surface area contributed by atoms with Gasteiger partial charge in [-0.1, -0.05) is 41.9 Å². The van der Waals surface area contributed by atoms with Gasteiger partial charge in [0, 0.05) is 23.9 Å². The molecule has 0 fully saturated rings. The summed E-state index contributed by atoms with van der Waals surface area (Å²) in [6.07, 6.45) is -0.911. The lowest BCUT2D eigenvalue weighted by atomic mass is 9.91. The zero-order chi connectivity index (χ0) is 21.0. The molecule has 2 aromatic carbocycles. The van der Waals surface area contributed by atoms with Gasteiger partial charge in [0.2, 0.25) is 5.91 Å². The van der Waals surface area contributed by atoms with Gasteiger partial charge in [-0.25, -0.2) is 17.5 Å². The molecular weight excluding hydrogens is 418 g/mol. The lowest BCUT2D eigenvalue weighted by molar-refractivity contribution is -0.132. The molecule has 1 atom stereocenters. The first-order chi connectivity index (χ1) is 13.7. The molecule has 29 heavy (non-hydrogen) atoms. The molecule has 2 aliphatic heterocycles. The van der Waals surface area contributed by atoms with Crippen LogP contribution in [0.3, 0.4) is 0 Å². The van der Waals surface area contributed by atoms with Gasteiger partial charge in [-0.05, 0) is 23.8 Å². The molecule has 0 aromatic heterocycles. The molecule has 1 spiro atoms. The van der Waals surface area contributed by atoms with E-state index in [1.807, 2.05) is 0 Å². The van der Waals surface area contributed by atoms with Crippen LogP contribution in [0.5, 0.6) is 0 Å². The highest BCUT2D eigenvalue weighted by Gasteiger charge is 2.63. The maximum Gasteiger partial charge on any atom is 0.432 e. The van der Waals surface area contributed by atoms with Crippen molar-refractivity contribution in [3.63, 3.8) is 0 Å². The monoisotopic (exact) mass is 433 g/mol. The summed E-state index contributed by atoms with van der Waals surface area (Å²) >= 11 is 5.95. The minimum Gasteiger partial charge on any atom is -0.451 e. The van der Waals surface area contributed by atoms with Crippen LogP contribution >= 0.6 is 11.6 Å². The largest absolute Gasteiger partial charge is 0.451 e. The number of hydrogen-bond acceptors (Lipinski definition) is 6. The van der Waals surface area contributed by atoms with Gasteiger partial charge in [-0.3, -0.25) is 4.79 Å². The normalized spacial score (nSPS) is 21.8. The second-order valence-corrected chi connectivity index (χ2v) is 8.80. The van der Waals surface area contributed by atoms with E-state index in [0.717, 1.165) is 11.9 Å². The van der Waals surface area contributed by atoms with Gasteiger partial charge in [0.25, 0.3) is 10.0 Å². The number of carbonyl (C=O) groups excluding carboxylic acids is 2. The molecular formula is C19H16ClN3O5S. The Labute approximate surface area is 172 Å². The molecule has 0 saturated heterocycles. The Balaban J connectivity index is 1.98. The summed E-state index contributed by atoms with van der Waals surface area (Å²) in [5.41, 5.74) is -0.326. The smallest absolute Gasteiger partial charge is 0.432 e. The van der Waals surface area contributed by atoms with Crippen LogP contribution in [0.2, 0.25) is 5.02 Å². The Kier molecular flexibility index (Phi) is 4.39. The van der Waals surface area contributed by atoms with E-state index in [1.165, 1.54) is 13.2 Å². The fraction of sp³-hybridized carbons (Fsp3) is 0.211. The number of nitrogens with zero attached hydrogens (tertiary/aromatic N) is 3. The predicted molar refractivity (Wildman–Crippen MR) is 105 cm³/mol. The highest BCUT2D eigenvalue weighted by Crippen LogP contribution is 2.52. The maximum absolute atomic E-state index is 13.2. The minimum absolute atomic E-state index is 0.0282. The molecule has 1 unspecified atom stereocenters. The molecule has 0 radical (unpaired) electrons. The lowest BCUT2D eigenvalue weighted by Gasteiger charge is -2.37. The molecule has 0 aliphatic carbocycles. The molecule has 2 aromatic rings. The molecule has 2 heterocycles. The van der Waals surface area contributed by atoms with Crippen molar-refractivity contribution >= 4 is 39.3 Å². The van der Waals surface area contributed by atoms with Crippen LogP contribution in [-0.4, -0.2) is 42.6 Å². The first kappa shape index (κ1) is 19.4. The summed E-state index contributed by atoms with van der Waals surface area (Å²) in [6, 6.07) is 12.9. The quantitative estimate of drug-likeness (QED) is 0.688. The zero-order valence-electron chi connectivity index (χ0n) is 15.5. The standard InChI is InChI=1S/C19H16ClN3O5S/c1-12(24)23-19(15-5-3-4-6-17(15)29(23,26)27)11-16(21-22(19)18(25)28-2)13-7-9-14(20)10-8-13/h3-10H,11H2,1-2H3. The SMILES string of the molecule is COC(=O)N1N=C(c2ccc(Cl)cc2)CC12c1ccccc1S(=O)(=O)N2C(C)=O. The van der Waals surface area contributed by atoms with Crippen molar-refractivity contribution in [2.75, 3.05) is 7.11 Å². The maximum atomic E-state index is 13.2. The summed E-state index contributed by atoms with van der Waals surface area (Å²) in [5, 5.41) is 5.82. The van der Waals surface area contributed by atoms with Crippen molar-refractivity contribution in [1.29, 1.82) is 0 Å². The van der Waals surface area contributed by atoms with E-state index in [-0.39, 0.29) is 16.9 Å². The second-order valence-electron chi connectivity index (χ2n) is 6.61. The molecule has 10 heteroatoms. The van der Waals surface area contributed by atoms with E-state index in [4.69, 9.17) is 16.3 Å². The van der Waals surface area contributed by atoms with Gasteiger partial charge in [-0.2, -0.15) is 10.1 Å². The fourth-order valence-corrected chi connectivity index (χ4v) is 5.91. The van der Waals surface area contributed by atoms with E-state index >= 15 is 0 Å². The van der Waals surface area contributed by atoms with Crippen LogP contribution in [0.15, 0.2) is 58.5 Å². The molecule has 2 amide bonds. The highest BCUT2D eigenvalue weighted by atomic mass is 35.5. The highest BCUT2D eigenvalue weighted by molar-refractivity contribution is 7.90. The number of amides is 2. The van der Waals surface area contributed by atoms with Gasteiger partial charge < -0.3 is 4.74 Å². The topological polar surface area (TPSA) is 96.3 Å². The van der Waals surface area contributed by atoms with Crippen molar-refractivity contribution in [3.8, 4) is 0 Å². The third-order valence-corrected chi connectivity index (χ3v) is 7.17. The number of ether oxygens (including phenoxy) is 1. The molecule has 0 bridgehead atoms. The number of sulfonamides is 1.